The third-order valence-corrected chi connectivity index (χ3v) is 3.87. The number of anilines is 1. The van der Waals surface area contributed by atoms with Crippen LogP contribution in [0.4, 0.5) is 10.5 Å². The van der Waals surface area contributed by atoms with Gasteiger partial charge in [0.15, 0.2) is 0 Å². The second-order valence-corrected chi connectivity index (χ2v) is 7.13. The van der Waals surface area contributed by atoms with Crippen molar-refractivity contribution in [1.82, 2.24) is 4.90 Å². The quantitative estimate of drug-likeness (QED) is 0.898. The van der Waals surface area contributed by atoms with Gasteiger partial charge in [-0.05, 0) is 71.2 Å². The zero-order valence-corrected chi connectivity index (χ0v) is 15.5. The minimum atomic E-state index is -0.579. The average molecular weight is 348 g/mol. The Bertz CT molecular complexity index is 592. The van der Waals surface area contributed by atoms with Crippen LogP contribution >= 0.6 is 0 Å². The molecule has 138 valence electrons. The summed E-state index contributed by atoms with van der Waals surface area (Å²) in [6, 6.07) is 6.71. The van der Waals surface area contributed by atoms with E-state index in [4.69, 9.17) is 9.47 Å². The average Bonchev–Trinajstić information content (AvgIpc) is 2.55. The van der Waals surface area contributed by atoms with E-state index in [9.17, 15) is 9.59 Å². The summed E-state index contributed by atoms with van der Waals surface area (Å²) in [5.41, 5.74) is 0.105. The molecule has 2 amide bonds. The third kappa shape index (κ3) is 5.66. The molecule has 1 aromatic rings. The molecule has 0 spiro atoms. The van der Waals surface area contributed by atoms with Crippen LogP contribution in [0.2, 0.25) is 0 Å². The van der Waals surface area contributed by atoms with Gasteiger partial charge >= 0.3 is 6.09 Å². The first kappa shape index (κ1) is 19.1. The number of carbonyl (C=O) groups excluding carboxylic acids is 2. The summed E-state index contributed by atoms with van der Waals surface area (Å²) < 4.78 is 10.8. The molecule has 0 bridgehead atoms. The van der Waals surface area contributed by atoms with Crippen molar-refractivity contribution in [2.24, 2.45) is 0 Å². The Morgan fingerprint density at radius 1 is 1.20 bits per heavy atom. The molecule has 25 heavy (non-hydrogen) atoms. The summed E-state index contributed by atoms with van der Waals surface area (Å²) in [5, 5.41) is 2.88. The lowest BCUT2D eigenvalue weighted by molar-refractivity contribution is -0.122. The molecule has 1 aromatic carbocycles. The highest BCUT2D eigenvalue weighted by Crippen LogP contribution is 2.22. The predicted molar refractivity (Wildman–Crippen MR) is 96.8 cm³/mol. The Morgan fingerprint density at radius 2 is 1.88 bits per heavy atom. The van der Waals surface area contributed by atoms with E-state index in [-0.39, 0.29) is 5.91 Å². The molecule has 0 radical (unpaired) electrons. The van der Waals surface area contributed by atoms with E-state index in [0.717, 1.165) is 18.6 Å². The molecule has 1 heterocycles. The van der Waals surface area contributed by atoms with Crippen molar-refractivity contribution >= 4 is 17.7 Å². The normalized spacial score (nSPS) is 17.8. The van der Waals surface area contributed by atoms with Crippen molar-refractivity contribution in [3.05, 3.63) is 24.3 Å². The van der Waals surface area contributed by atoms with Crippen LogP contribution in [0.1, 0.15) is 47.0 Å². The van der Waals surface area contributed by atoms with Gasteiger partial charge in [-0.2, -0.15) is 0 Å². The number of carbonyl (C=O) groups is 2. The Hall–Kier alpha value is -2.24. The maximum Gasteiger partial charge on any atom is 0.410 e. The van der Waals surface area contributed by atoms with Crippen LogP contribution in [0.15, 0.2) is 24.3 Å². The van der Waals surface area contributed by atoms with E-state index < -0.39 is 17.7 Å². The monoisotopic (exact) mass is 348 g/mol. The van der Waals surface area contributed by atoms with E-state index in [0.29, 0.717) is 25.3 Å². The first-order valence-corrected chi connectivity index (χ1v) is 8.83. The van der Waals surface area contributed by atoms with Gasteiger partial charge in [-0.15, -0.1) is 0 Å². The molecule has 0 aliphatic carbocycles. The summed E-state index contributed by atoms with van der Waals surface area (Å²) in [7, 11) is 0. The van der Waals surface area contributed by atoms with Gasteiger partial charge in [0.25, 0.3) is 0 Å². The number of benzene rings is 1. The Kier molecular flexibility index (Phi) is 6.28. The van der Waals surface area contributed by atoms with E-state index in [1.54, 1.807) is 17.0 Å². The van der Waals surface area contributed by atoms with Gasteiger partial charge in [-0.25, -0.2) is 4.79 Å². The molecule has 1 fully saturated rings. The largest absolute Gasteiger partial charge is 0.494 e. The topological polar surface area (TPSA) is 67.9 Å². The molecule has 2 rings (SSSR count). The highest BCUT2D eigenvalue weighted by atomic mass is 16.6. The molecule has 1 aliphatic rings. The number of likely N-dealkylation sites (tertiary alicyclic amines) is 1. The summed E-state index contributed by atoms with van der Waals surface area (Å²) >= 11 is 0. The second kappa shape index (κ2) is 8.23. The number of rotatable bonds is 4. The van der Waals surface area contributed by atoms with Gasteiger partial charge in [0.05, 0.1) is 6.61 Å². The fourth-order valence-corrected chi connectivity index (χ4v) is 2.77. The third-order valence-electron chi connectivity index (χ3n) is 3.87. The zero-order chi connectivity index (χ0) is 18.4. The first-order valence-electron chi connectivity index (χ1n) is 8.83. The number of amides is 2. The Morgan fingerprint density at radius 3 is 2.48 bits per heavy atom. The summed E-state index contributed by atoms with van der Waals surface area (Å²) in [6.07, 6.45) is 2.01. The molecule has 6 heteroatoms. The molecular formula is C19H28N2O4. The first-order chi connectivity index (χ1) is 11.8. The minimum absolute atomic E-state index is 0.185. The lowest BCUT2D eigenvalue weighted by Crippen LogP contribution is -2.51. The van der Waals surface area contributed by atoms with Gasteiger partial charge in [0.1, 0.15) is 17.4 Å². The SMILES string of the molecule is CCOc1ccc(NC(=O)C2CCCCN2C(=O)OC(C)(C)C)cc1. The van der Waals surface area contributed by atoms with Crippen molar-refractivity contribution in [3.8, 4) is 5.75 Å². The molecule has 0 saturated carbocycles. The Balaban J connectivity index is 2.03. The fourth-order valence-electron chi connectivity index (χ4n) is 2.77. The van der Waals surface area contributed by atoms with E-state index >= 15 is 0 Å². The number of hydrogen-bond acceptors (Lipinski definition) is 4. The Labute approximate surface area is 149 Å². The summed E-state index contributed by atoms with van der Waals surface area (Å²) in [6.45, 7) is 8.52. The molecular weight excluding hydrogens is 320 g/mol. The van der Waals surface area contributed by atoms with Crippen molar-refractivity contribution in [1.29, 1.82) is 0 Å². The number of piperidine rings is 1. The number of nitrogens with one attached hydrogen (secondary N) is 1. The highest BCUT2D eigenvalue weighted by Gasteiger charge is 2.34. The second-order valence-electron chi connectivity index (χ2n) is 7.13. The van der Waals surface area contributed by atoms with E-state index in [1.165, 1.54) is 0 Å². The van der Waals surface area contributed by atoms with Crippen molar-refractivity contribution in [2.75, 3.05) is 18.5 Å². The van der Waals surface area contributed by atoms with Crippen LogP contribution in [0.5, 0.6) is 5.75 Å². The molecule has 1 unspecified atom stereocenters. The molecule has 1 atom stereocenters. The van der Waals surface area contributed by atoms with Crippen LogP contribution in [0, 0.1) is 0 Å². The smallest absolute Gasteiger partial charge is 0.410 e. The maximum absolute atomic E-state index is 12.7. The summed E-state index contributed by atoms with van der Waals surface area (Å²) in [5.74, 6) is 0.572. The van der Waals surface area contributed by atoms with Crippen LogP contribution in [0.3, 0.4) is 0 Å². The minimum Gasteiger partial charge on any atom is -0.494 e. The maximum atomic E-state index is 12.7. The number of hydrogen-bond donors (Lipinski definition) is 1. The van der Waals surface area contributed by atoms with E-state index in [1.807, 2.05) is 39.8 Å². The lowest BCUT2D eigenvalue weighted by atomic mass is 10.0. The lowest BCUT2D eigenvalue weighted by Gasteiger charge is -2.35. The van der Waals surface area contributed by atoms with Crippen LogP contribution < -0.4 is 10.1 Å². The zero-order valence-electron chi connectivity index (χ0n) is 15.5. The van der Waals surface area contributed by atoms with Gasteiger partial charge < -0.3 is 14.8 Å². The fraction of sp³-hybridized carbons (Fsp3) is 0.579. The number of ether oxygens (including phenoxy) is 2. The van der Waals surface area contributed by atoms with Crippen molar-refractivity contribution < 1.29 is 19.1 Å². The van der Waals surface area contributed by atoms with Crippen LogP contribution in [-0.4, -0.2) is 41.7 Å². The molecule has 1 N–H and O–H groups in total. The summed E-state index contributed by atoms with van der Waals surface area (Å²) in [4.78, 5) is 26.6. The highest BCUT2D eigenvalue weighted by molar-refractivity contribution is 5.96. The molecule has 1 aliphatic heterocycles. The van der Waals surface area contributed by atoms with Gasteiger partial charge in [-0.3, -0.25) is 9.69 Å². The standard InChI is InChI=1S/C19H28N2O4/c1-5-24-15-11-9-14(10-12-15)20-17(22)16-8-6-7-13-21(16)18(23)25-19(2,3)4/h9-12,16H,5-8,13H2,1-4H3,(H,20,22). The van der Waals surface area contributed by atoms with Gasteiger partial charge in [0, 0.05) is 12.2 Å². The van der Waals surface area contributed by atoms with E-state index in [2.05, 4.69) is 5.32 Å². The predicted octanol–water partition coefficient (Wildman–Crippen LogP) is 3.81. The van der Waals surface area contributed by atoms with Crippen molar-refractivity contribution in [3.63, 3.8) is 0 Å². The van der Waals surface area contributed by atoms with Crippen LogP contribution in [0.25, 0.3) is 0 Å². The number of nitrogens with zero attached hydrogens (tertiary/aromatic N) is 1. The molecule has 1 saturated heterocycles. The molecule has 6 nitrogen and oxygen atoms in total. The van der Waals surface area contributed by atoms with Crippen LogP contribution in [-0.2, 0) is 9.53 Å². The molecule has 0 aromatic heterocycles. The van der Waals surface area contributed by atoms with Gasteiger partial charge in [-0.1, -0.05) is 0 Å². The van der Waals surface area contributed by atoms with Crippen molar-refractivity contribution in [2.45, 2.75) is 58.6 Å². The van der Waals surface area contributed by atoms with Gasteiger partial charge in [0.2, 0.25) is 5.91 Å².